The van der Waals surface area contributed by atoms with Gasteiger partial charge in [-0.15, -0.1) is 0 Å². The van der Waals surface area contributed by atoms with E-state index in [-0.39, 0.29) is 5.92 Å². The summed E-state index contributed by atoms with van der Waals surface area (Å²) < 4.78 is 1.91. The molecule has 0 saturated carbocycles. The molecule has 2 aromatic carbocycles. The highest BCUT2D eigenvalue weighted by Crippen LogP contribution is 2.42. The molecule has 102 valence electrons. The SMILES string of the molecule is O[C@@H]1c2cc(Br)c(Br)cc2C=C[C@@H]1c1ccccc1Cl. The number of benzene rings is 2. The molecule has 0 aliphatic heterocycles. The summed E-state index contributed by atoms with van der Waals surface area (Å²) in [4.78, 5) is 0. The van der Waals surface area contributed by atoms with Crippen molar-refractivity contribution >= 4 is 49.5 Å². The molecule has 4 heteroatoms. The van der Waals surface area contributed by atoms with Crippen molar-refractivity contribution in [2.75, 3.05) is 0 Å². The molecule has 0 unspecified atom stereocenters. The van der Waals surface area contributed by atoms with Crippen LogP contribution in [0.3, 0.4) is 0 Å². The summed E-state index contributed by atoms with van der Waals surface area (Å²) in [6.07, 6.45) is 3.45. The van der Waals surface area contributed by atoms with Gasteiger partial charge < -0.3 is 5.11 Å². The molecule has 1 N–H and O–H groups in total. The Morgan fingerprint density at radius 1 is 1.00 bits per heavy atom. The maximum absolute atomic E-state index is 10.7. The van der Waals surface area contributed by atoms with E-state index in [1.54, 1.807) is 0 Å². The molecule has 0 amide bonds. The quantitative estimate of drug-likeness (QED) is 0.634. The first kappa shape index (κ1) is 14.3. The van der Waals surface area contributed by atoms with Crippen LogP contribution in [-0.2, 0) is 0 Å². The van der Waals surface area contributed by atoms with Gasteiger partial charge in [-0.2, -0.15) is 0 Å². The van der Waals surface area contributed by atoms with E-state index in [0.717, 1.165) is 25.6 Å². The fraction of sp³-hybridized carbons (Fsp3) is 0.125. The fourth-order valence-corrected chi connectivity index (χ4v) is 3.49. The molecular formula is C16H11Br2ClO. The number of fused-ring (bicyclic) bond motifs is 1. The Balaban J connectivity index is 2.08. The van der Waals surface area contributed by atoms with E-state index in [4.69, 9.17) is 11.6 Å². The van der Waals surface area contributed by atoms with Gasteiger partial charge in [0, 0.05) is 19.9 Å². The van der Waals surface area contributed by atoms with Crippen LogP contribution in [0.1, 0.15) is 28.7 Å². The van der Waals surface area contributed by atoms with Gasteiger partial charge in [0.05, 0.1) is 6.10 Å². The maximum Gasteiger partial charge on any atom is 0.0899 e. The minimum Gasteiger partial charge on any atom is -0.387 e. The summed E-state index contributed by atoms with van der Waals surface area (Å²) >= 11 is 13.2. The molecule has 2 aromatic rings. The summed E-state index contributed by atoms with van der Waals surface area (Å²) in [5, 5.41) is 11.3. The summed E-state index contributed by atoms with van der Waals surface area (Å²) in [5.41, 5.74) is 2.88. The standard InChI is InChI=1S/C16H11Br2ClO/c17-13-7-9-5-6-11(10-3-1-2-4-15(10)19)16(20)12(9)8-14(13)18/h1-8,11,16,20H/t11-,16+/m1/s1. The molecule has 1 nitrogen and oxygen atoms in total. The van der Waals surface area contributed by atoms with Gasteiger partial charge in [0.15, 0.2) is 0 Å². The monoisotopic (exact) mass is 412 g/mol. The molecule has 0 aromatic heterocycles. The molecule has 0 spiro atoms. The molecule has 1 aliphatic carbocycles. The molecule has 0 saturated heterocycles. The molecule has 2 atom stereocenters. The minimum atomic E-state index is -0.598. The molecular weight excluding hydrogens is 403 g/mol. The molecule has 0 radical (unpaired) electrons. The maximum atomic E-state index is 10.7. The molecule has 0 fully saturated rings. The van der Waals surface area contributed by atoms with Gasteiger partial charge in [-0.1, -0.05) is 42.0 Å². The van der Waals surface area contributed by atoms with E-state index in [9.17, 15) is 5.11 Å². The van der Waals surface area contributed by atoms with Crippen molar-refractivity contribution in [2.45, 2.75) is 12.0 Å². The third-order valence-electron chi connectivity index (χ3n) is 3.53. The van der Waals surface area contributed by atoms with Crippen LogP contribution in [0.15, 0.2) is 51.4 Å². The van der Waals surface area contributed by atoms with Crippen LogP contribution in [0, 0.1) is 0 Å². The number of hydrogen-bond donors (Lipinski definition) is 1. The van der Waals surface area contributed by atoms with Gasteiger partial charge in [0.25, 0.3) is 0 Å². The zero-order valence-electron chi connectivity index (χ0n) is 10.4. The summed E-state index contributed by atoms with van der Waals surface area (Å²) in [6.45, 7) is 0. The molecule has 3 rings (SSSR count). The zero-order valence-corrected chi connectivity index (χ0v) is 14.3. The summed E-state index contributed by atoms with van der Waals surface area (Å²) in [7, 11) is 0. The Kier molecular flexibility index (Phi) is 4.04. The zero-order chi connectivity index (χ0) is 14.3. The molecule has 1 aliphatic rings. The number of halogens is 3. The number of rotatable bonds is 1. The van der Waals surface area contributed by atoms with Gasteiger partial charge in [-0.05, 0) is 66.7 Å². The summed E-state index contributed by atoms with van der Waals surface area (Å²) in [5.74, 6) is -0.121. The Morgan fingerprint density at radius 2 is 1.70 bits per heavy atom. The Bertz CT molecular complexity index is 697. The topological polar surface area (TPSA) is 20.2 Å². The highest BCUT2D eigenvalue weighted by Gasteiger charge is 2.27. The van der Waals surface area contributed by atoms with Crippen LogP contribution < -0.4 is 0 Å². The first-order valence-electron chi connectivity index (χ1n) is 6.17. The normalized spacial score (nSPS) is 20.8. The number of hydrogen-bond acceptors (Lipinski definition) is 1. The first-order chi connectivity index (χ1) is 9.58. The predicted octanol–water partition coefficient (Wildman–Crippen LogP) is 5.71. The van der Waals surface area contributed by atoms with Crippen molar-refractivity contribution in [2.24, 2.45) is 0 Å². The van der Waals surface area contributed by atoms with Crippen molar-refractivity contribution in [3.63, 3.8) is 0 Å². The van der Waals surface area contributed by atoms with Crippen molar-refractivity contribution in [1.29, 1.82) is 0 Å². The summed E-state index contributed by atoms with van der Waals surface area (Å²) in [6, 6.07) is 11.6. The van der Waals surface area contributed by atoms with Gasteiger partial charge in [0.1, 0.15) is 0 Å². The van der Waals surface area contributed by atoms with Crippen molar-refractivity contribution in [3.05, 3.63) is 73.1 Å². The highest BCUT2D eigenvalue weighted by atomic mass is 79.9. The second-order valence-electron chi connectivity index (χ2n) is 4.75. The van der Waals surface area contributed by atoms with Crippen molar-refractivity contribution in [1.82, 2.24) is 0 Å². The van der Waals surface area contributed by atoms with Crippen LogP contribution in [0.25, 0.3) is 6.08 Å². The first-order valence-corrected chi connectivity index (χ1v) is 8.14. The van der Waals surface area contributed by atoms with Gasteiger partial charge in [-0.3, -0.25) is 0 Å². The fourth-order valence-electron chi connectivity index (χ4n) is 2.50. The van der Waals surface area contributed by atoms with E-state index >= 15 is 0 Å². The van der Waals surface area contributed by atoms with E-state index in [1.807, 2.05) is 48.6 Å². The van der Waals surface area contributed by atoms with E-state index < -0.39 is 6.10 Å². The van der Waals surface area contributed by atoms with Crippen LogP contribution in [-0.4, -0.2) is 5.11 Å². The van der Waals surface area contributed by atoms with Crippen molar-refractivity contribution < 1.29 is 5.11 Å². The third-order valence-corrected chi connectivity index (χ3v) is 5.72. The largest absolute Gasteiger partial charge is 0.387 e. The van der Waals surface area contributed by atoms with E-state index in [0.29, 0.717) is 5.02 Å². The van der Waals surface area contributed by atoms with E-state index in [2.05, 4.69) is 31.9 Å². The lowest BCUT2D eigenvalue weighted by Gasteiger charge is -2.27. The molecule has 20 heavy (non-hydrogen) atoms. The van der Waals surface area contributed by atoms with Gasteiger partial charge in [-0.25, -0.2) is 0 Å². The Hall–Kier alpha value is -0.610. The number of aliphatic hydroxyl groups excluding tert-OH is 1. The van der Waals surface area contributed by atoms with Crippen LogP contribution in [0.5, 0.6) is 0 Å². The Labute approximate surface area is 139 Å². The lowest BCUT2D eigenvalue weighted by Crippen LogP contribution is -2.14. The molecule has 0 bridgehead atoms. The van der Waals surface area contributed by atoms with Gasteiger partial charge >= 0.3 is 0 Å². The second kappa shape index (κ2) is 5.64. The predicted molar refractivity (Wildman–Crippen MR) is 90.0 cm³/mol. The van der Waals surface area contributed by atoms with Crippen LogP contribution in [0.2, 0.25) is 5.02 Å². The average molecular weight is 415 g/mol. The van der Waals surface area contributed by atoms with Gasteiger partial charge in [0.2, 0.25) is 0 Å². The molecule has 0 heterocycles. The average Bonchev–Trinajstić information content (AvgIpc) is 2.43. The van der Waals surface area contributed by atoms with Crippen LogP contribution in [0.4, 0.5) is 0 Å². The minimum absolute atomic E-state index is 0.121. The highest BCUT2D eigenvalue weighted by molar-refractivity contribution is 9.13. The van der Waals surface area contributed by atoms with E-state index in [1.165, 1.54) is 0 Å². The second-order valence-corrected chi connectivity index (χ2v) is 6.86. The smallest absolute Gasteiger partial charge is 0.0899 e. The third kappa shape index (κ3) is 2.48. The lowest BCUT2D eigenvalue weighted by molar-refractivity contribution is 0.160. The number of aliphatic hydroxyl groups is 1. The van der Waals surface area contributed by atoms with Crippen LogP contribution >= 0.6 is 43.5 Å². The lowest BCUT2D eigenvalue weighted by atomic mass is 9.83. The van der Waals surface area contributed by atoms with Crippen molar-refractivity contribution in [3.8, 4) is 0 Å². The Morgan fingerprint density at radius 3 is 2.45 bits per heavy atom.